The van der Waals surface area contributed by atoms with Crippen molar-refractivity contribution < 1.29 is 24.0 Å². The Bertz CT molecular complexity index is 1400. The molecule has 0 atom stereocenters. The first-order valence-corrected chi connectivity index (χ1v) is 13.0. The van der Waals surface area contributed by atoms with Crippen molar-refractivity contribution in [1.82, 2.24) is 4.90 Å². The molecule has 9 heteroatoms. The van der Waals surface area contributed by atoms with Gasteiger partial charge in [-0.05, 0) is 71.6 Å². The summed E-state index contributed by atoms with van der Waals surface area (Å²) in [5.41, 5.74) is 3.27. The quantitative estimate of drug-likeness (QED) is 0.162. The van der Waals surface area contributed by atoms with Gasteiger partial charge in [-0.3, -0.25) is 24.6 Å². The Hall–Kier alpha value is -4.11. The van der Waals surface area contributed by atoms with Gasteiger partial charge in [0, 0.05) is 6.07 Å². The van der Waals surface area contributed by atoms with Crippen molar-refractivity contribution in [3.8, 4) is 11.5 Å². The van der Waals surface area contributed by atoms with Gasteiger partial charge < -0.3 is 9.47 Å². The van der Waals surface area contributed by atoms with Crippen LogP contribution in [0.5, 0.6) is 11.5 Å². The van der Waals surface area contributed by atoms with Gasteiger partial charge in [-0.15, -0.1) is 0 Å². The monoisotopic (exact) mass is 532 g/mol. The Labute approximate surface area is 225 Å². The lowest BCUT2D eigenvalue weighted by atomic mass is 10.0. The summed E-state index contributed by atoms with van der Waals surface area (Å²) in [5, 5.41) is 10.9. The van der Waals surface area contributed by atoms with E-state index < -0.39 is 4.92 Å². The molecule has 0 aromatic heterocycles. The molecule has 0 aliphatic carbocycles. The van der Waals surface area contributed by atoms with E-state index in [2.05, 4.69) is 13.8 Å². The SMILES string of the molecule is Cc1ccc(C(C)C)c(OCCN2C(=O)S/C(=C\c3cccc(OCc4ccccc4[N+](=O)[O-])c3)C2=O)c1. The van der Waals surface area contributed by atoms with E-state index in [1.807, 2.05) is 25.1 Å². The van der Waals surface area contributed by atoms with Crippen molar-refractivity contribution in [2.24, 2.45) is 0 Å². The topological polar surface area (TPSA) is 99.0 Å². The number of nitro groups is 1. The van der Waals surface area contributed by atoms with E-state index in [9.17, 15) is 19.7 Å². The molecule has 0 saturated carbocycles. The summed E-state index contributed by atoms with van der Waals surface area (Å²) >= 11 is 0.882. The van der Waals surface area contributed by atoms with Crippen molar-refractivity contribution in [3.63, 3.8) is 0 Å². The standard InChI is InChI=1S/C29H28N2O6S/c1-19(2)24-12-11-20(3)15-26(24)36-14-13-30-28(32)27(38-29(30)33)17-21-7-6-9-23(16-21)37-18-22-8-4-5-10-25(22)31(34)35/h4-12,15-17,19H,13-14,18H2,1-3H3/b27-17-. The molecule has 2 amide bonds. The lowest BCUT2D eigenvalue weighted by Crippen LogP contribution is -2.32. The molecule has 1 aliphatic rings. The Morgan fingerprint density at radius 2 is 1.82 bits per heavy atom. The molecular weight excluding hydrogens is 504 g/mol. The molecule has 0 radical (unpaired) electrons. The normalized spacial score (nSPS) is 14.4. The second-order valence-electron chi connectivity index (χ2n) is 9.12. The van der Waals surface area contributed by atoms with E-state index in [4.69, 9.17) is 9.47 Å². The summed E-state index contributed by atoms with van der Waals surface area (Å²) in [6, 6.07) is 19.4. The third-order valence-corrected chi connectivity index (χ3v) is 6.88. The zero-order chi connectivity index (χ0) is 27.2. The molecule has 3 aromatic carbocycles. The number of amides is 2. The van der Waals surface area contributed by atoms with Crippen LogP contribution >= 0.6 is 11.8 Å². The van der Waals surface area contributed by atoms with Crippen LogP contribution in [0.2, 0.25) is 0 Å². The number of nitrogens with zero attached hydrogens (tertiary/aromatic N) is 2. The Morgan fingerprint density at radius 3 is 2.58 bits per heavy atom. The van der Waals surface area contributed by atoms with Crippen LogP contribution in [0.25, 0.3) is 6.08 Å². The number of hydrogen-bond donors (Lipinski definition) is 0. The molecule has 0 N–H and O–H groups in total. The van der Waals surface area contributed by atoms with Crippen LogP contribution in [0.4, 0.5) is 10.5 Å². The van der Waals surface area contributed by atoms with Gasteiger partial charge in [-0.2, -0.15) is 0 Å². The van der Waals surface area contributed by atoms with Gasteiger partial charge in [-0.25, -0.2) is 0 Å². The molecular formula is C29H28N2O6S. The molecule has 196 valence electrons. The number of ether oxygens (including phenoxy) is 2. The molecule has 0 spiro atoms. The maximum Gasteiger partial charge on any atom is 0.293 e. The second kappa shape index (κ2) is 12.0. The van der Waals surface area contributed by atoms with E-state index in [-0.39, 0.29) is 42.5 Å². The summed E-state index contributed by atoms with van der Waals surface area (Å²) in [6.07, 6.45) is 1.64. The summed E-state index contributed by atoms with van der Waals surface area (Å²) in [7, 11) is 0. The number of aryl methyl sites for hydroxylation is 1. The molecule has 1 heterocycles. The second-order valence-corrected chi connectivity index (χ2v) is 10.1. The number of carbonyl (C=O) groups excluding carboxylic acids is 2. The van der Waals surface area contributed by atoms with Crippen molar-refractivity contribution in [2.75, 3.05) is 13.2 Å². The number of rotatable bonds is 10. The van der Waals surface area contributed by atoms with Crippen molar-refractivity contribution in [3.05, 3.63) is 104 Å². The molecule has 1 saturated heterocycles. The Kier molecular flexibility index (Phi) is 8.48. The first-order valence-electron chi connectivity index (χ1n) is 12.2. The minimum Gasteiger partial charge on any atom is -0.491 e. The summed E-state index contributed by atoms with van der Waals surface area (Å²) in [4.78, 5) is 37.8. The minimum atomic E-state index is -0.444. The lowest BCUT2D eigenvalue weighted by Gasteiger charge is -2.17. The van der Waals surface area contributed by atoms with Gasteiger partial charge in [-0.1, -0.05) is 50.2 Å². The van der Waals surface area contributed by atoms with E-state index in [1.165, 1.54) is 11.0 Å². The number of carbonyl (C=O) groups is 2. The van der Waals surface area contributed by atoms with Crippen molar-refractivity contribution in [1.29, 1.82) is 0 Å². The van der Waals surface area contributed by atoms with Gasteiger partial charge in [0.05, 0.1) is 21.9 Å². The summed E-state index contributed by atoms with van der Waals surface area (Å²) < 4.78 is 11.7. The van der Waals surface area contributed by atoms with Gasteiger partial charge in [0.15, 0.2) is 0 Å². The maximum atomic E-state index is 13.0. The van der Waals surface area contributed by atoms with Crippen LogP contribution in [-0.2, 0) is 11.4 Å². The lowest BCUT2D eigenvalue weighted by molar-refractivity contribution is -0.385. The van der Waals surface area contributed by atoms with Crippen LogP contribution < -0.4 is 9.47 Å². The molecule has 0 bridgehead atoms. The fourth-order valence-electron chi connectivity index (χ4n) is 4.00. The molecule has 3 aromatic rings. The van der Waals surface area contributed by atoms with E-state index in [1.54, 1.807) is 48.5 Å². The average molecular weight is 533 g/mol. The summed E-state index contributed by atoms with van der Waals surface area (Å²) in [5.74, 6) is 1.17. The Morgan fingerprint density at radius 1 is 1.03 bits per heavy atom. The van der Waals surface area contributed by atoms with Crippen LogP contribution in [0.3, 0.4) is 0 Å². The van der Waals surface area contributed by atoms with Crippen LogP contribution in [0, 0.1) is 17.0 Å². The first-order chi connectivity index (χ1) is 18.2. The third kappa shape index (κ3) is 6.41. The van der Waals surface area contributed by atoms with Gasteiger partial charge >= 0.3 is 0 Å². The number of hydrogen-bond acceptors (Lipinski definition) is 7. The molecule has 8 nitrogen and oxygen atoms in total. The highest BCUT2D eigenvalue weighted by molar-refractivity contribution is 8.18. The fourth-order valence-corrected chi connectivity index (χ4v) is 4.87. The molecule has 1 aliphatic heterocycles. The highest BCUT2D eigenvalue weighted by Gasteiger charge is 2.34. The van der Waals surface area contributed by atoms with Gasteiger partial charge in [0.2, 0.25) is 0 Å². The van der Waals surface area contributed by atoms with E-state index in [0.29, 0.717) is 21.8 Å². The Balaban J connectivity index is 1.40. The smallest absolute Gasteiger partial charge is 0.293 e. The average Bonchev–Trinajstić information content (AvgIpc) is 3.15. The van der Waals surface area contributed by atoms with Crippen molar-refractivity contribution >= 4 is 34.7 Å². The fraction of sp³-hybridized carbons (Fsp3) is 0.241. The van der Waals surface area contributed by atoms with Crippen LogP contribution in [0.1, 0.15) is 42.0 Å². The zero-order valence-corrected chi connectivity index (χ0v) is 22.2. The zero-order valence-electron chi connectivity index (χ0n) is 21.4. The van der Waals surface area contributed by atoms with E-state index >= 15 is 0 Å². The number of thioether (sulfide) groups is 1. The largest absolute Gasteiger partial charge is 0.491 e. The number of para-hydroxylation sites is 1. The van der Waals surface area contributed by atoms with Gasteiger partial charge in [0.25, 0.3) is 16.8 Å². The number of benzene rings is 3. The third-order valence-electron chi connectivity index (χ3n) is 5.98. The summed E-state index contributed by atoms with van der Waals surface area (Å²) in [6.45, 7) is 6.53. The molecule has 38 heavy (non-hydrogen) atoms. The number of nitro benzene ring substituents is 1. The number of imide groups is 1. The molecule has 0 unspecified atom stereocenters. The predicted octanol–water partition coefficient (Wildman–Crippen LogP) is 6.72. The first kappa shape index (κ1) is 26.9. The van der Waals surface area contributed by atoms with Crippen LogP contribution in [-0.4, -0.2) is 34.1 Å². The highest BCUT2D eigenvalue weighted by Crippen LogP contribution is 2.33. The van der Waals surface area contributed by atoms with Crippen molar-refractivity contribution in [2.45, 2.75) is 33.3 Å². The molecule has 1 fully saturated rings. The van der Waals surface area contributed by atoms with Gasteiger partial charge in [0.1, 0.15) is 24.7 Å². The van der Waals surface area contributed by atoms with Crippen LogP contribution in [0.15, 0.2) is 71.6 Å². The minimum absolute atomic E-state index is 0.0101. The maximum absolute atomic E-state index is 13.0. The predicted molar refractivity (Wildman–Crippen MR) is 147 cm³/mol. The van der Waals surface area contributed by atoms with E-state index in [0.717, 1.165) is 28.6 Å². The molecule has 4 rings (SSSR count). The highest BCUT2D eigenvalue weighted by atomic mass is 32.2.